The van der Waals surface area contributed by atoms with E-state index < -0.39 is 0 Å². The van der Waals surface area contributed by atoms with Crippen molar-refractivity contribution in [2.45, 2.75) is 53.0 Å². The molecule has 3 rings (SSSR count). The topological polar surface area (TPSA) is 86.4 Å². The van der Waals surface area contributed by atoms with Gasteiger partial charge in [0, 0.05) is 30.7 Å². The van der Waals surface area contributed by atoms with Crippen LogP contribution >= 0.6 is 0 Å². The molecule has 1 atom stereocenters. The molecule has 7 heteroatoms. The highest BCUT2D eigenvalue weighted by Crippen LogP contribution is 2.23. The van der Waals surface area contributed by atoms with Crippen LogP contribution < -0.4 is 20.9 Å². The smallest absolute Gasteiger partial charge is 0.323 e. The third kappa shape index (κ3) is 6.20. The molecule has 0 saturated carbocycles. The van der Waals surface area contributed by atoms with E-state index in [-0.39, 0.29) is 23.9 Å². The van der Waals surface area contributed by atoms with Gasteiger partial charge in [-0.1, -0.05) is 13.0 Å². The number of anilines is 3. The fraction of sp³-hybridized carbons (Fsp3) is 0.458. The Balaban J connectivity index is 1.49. The van der Waals surface area contributed by atoms with Crippen molar-refractivity contribution in [1.82, 2.24) is 10.3 Å². The van der Waals surface area contributed by atoms with Gasteiger partial charge in [-0.2, -0.15) is 0 Å². The zero-order valence-electron chi connectivity index (χ0n) is 18.9. The summed E-state index contributed by atoms with van der Waals surface area (Å²) in [4.78, 5) is 31.3. The Hall–Kier alpha value is -3.09. The van der Waals surface area contributed by atoms with Crippen LogP contribution in [0.15, 0.2) is 36.5 Å². The number of benzene rings is 1. The van der Waals surface area contributed by atoms with Crippen molar-refractivity contribution in [2.24, 2.45) is 5.92 Å². The largest absolute Gasteiger partial charge is 0.357 e. The van der Waals surface area contributed by atoms with Crippen LogP contribution in [-0.2, 0) is 4.79 Å². The number of nitrogens with one attached hydrogen (secondary N) is 3. The number of hydrogen-bond donors (Lipinski definition) is 3. The molecule has 1 unspecified atom stereocenters. The van der Waals surface area contributed by atoms with E-state index in [2.05, 4.69) is 32.8 Å². The molecule has 0 bridgehead atoms. The number of piperidine rings is 1. The van der Waals surface area contributed by atoms with Crippen LogP contribution in [0.5, 0.6) is 0 Å². The monoisotopic (exact) mass is 423 g/mol. The summed E-state index contributed by atoms with van der Waals surface area (Å²) in [5, 5.41) is 8.74. The van der Waals surface area contributed by atoms with Crippen molar-refractivity contribution in [3.8, 4) is 0 Å². The average Bonchev–Trinajstić information content (AvgIpc) is 2.76. The van der Waals surface area contributed by atoms with Crippen molar-refractivity contribution in [3.05, 3.63) is 47.7 Å². The highest BCUT2D eigenvalue weighted by atomic mass is 16.2. The van der Waals surface area contributed by atoms with Gasteiger partial charge in [0.25, 0.3) is 0 Å². The van der Waals surface area contributed by atoms with Gasteiger partial charge >= 0.3 is 6.03 Å². The van der Waals surface area contributed by atoms with Crippen LogP contribution in [0.3, 0.4) is 0 Å². The van der Waals surface area contributed by atoms with E-state index in [1.54, 1.807) is 6.20 Å². The molecule has 3 amide bonds. The lowest BCUT2D eigenvalue weighted by molar-refractivity contribution is -0.126. The van der Waals surface area contributed by atoms with Crippen molar-refractivity contribution in [1.29, 1.82) is 0 Å². The first-order chi connectivity index (χ1) is 14.9. The Labute approximate surface area is 184 Å². The first-order valence-corrected chi connectivity index (χ1v) is 11.0. The van der Waals surface area contributed by atoms with E-state index in [4.69, 9.17) is 0 Å². The van der Waals surface area contributed by atoms with Crippen molar-refractivity contribution >= 4 is 29.1 Å². The normalized spacial score (nSPS) is 15.3. The molecule has 166 valence electrons. The highest BCUT2D eigenvalue weighted by Gasteiger charge is 2.26. The van der Waals surface area contributed by atoms with E-state index in [0.717, 1.165) is 49.4 Å². The number of hydrogen-bond acceptors (Lipinski definition) is 4. The van der Waals surface area contributed by atoms with Crippen LogP contribution in [0.1, 0.15) is 44.2 Å². The fourth-order valence-electron chi connectivity index (χ4n) is 3.59. The Morgan fingerprint density at radius 3 is 2.35 bits per heavy atom. The molecule has 1 aromatic heterocycles. The summed E-state index contributed by atoms with van der Waals surface area (Å²) in [7, 11) is 0. The third-order valence-electron chi connectivity index (χ3n) is 5.96. The quantitative estimate of drug-likeness (QED) is 0.640. The standard InChI is InChI=1S/C24H33N5O2/c1-5-18(4)26-23(30)19-10-12-29(13-11-19)22-9-8-21(15-25-22)28-24(31)27-20-7-6-16(2)17(3)14-20/h6-9,14-15,18-19H,5,10-13H2,1-4H3,(H,26,30)(H2,27,28,31). The van der Waals surface area contributed by atoms with E-state index in [1.165, 1.54) is 5.56 Å². The number of amides is 3. The Kier molecular flexibility index (Phi) is 7.50. The number of urea groups is 1. The van der Waals surface area contributed by atoms with Crippen LogP contribution in [-0.4, -0.2) is 36.1 Å². The molecule has 1 aromatic carbocycles. The molecule has 3 N–H and O–H groups in total. The zero-order chi connectivity index (χ0) is 22.4. The zero-order valence-corrected chi connectivity index (χ0v) is 18.9. The lowest BCUT2D eigenvalue weighted by atomic mass is 9.95. The Bertz CT molecular complexity index is 905. The van der Waals surface area contributed by atoms with Crippen molar-refractivity contribution in [2.75, 3.05) is 28.6 Å². The summed E-state index contributed by atoms with van der Waals surface area (Å²) in [5.41, 5.74) is 3.70. The van der Waals surface area contributed by atoms with Crippen molar-refractivity contribution < 1.29 is 9.59 Å². The number of aryl methyl sites for hydroxylation is 2. The second kappa shape index (κ2) is 10.3. The van der Waals surface area contributed by atoms with Gasteiger partial charge in [-0.25, -0.2) is 9.78 Å². The maximum Gasteiger partial charge on any atom is 0.323 e. The van der Waals surface area contributed by atoms with Crippen LogP contribution in [0, 0.1) is 19.8 Å². The minimum Gasteiger partial charge on any atom is -0.357 e. The van der Waals surface area contributed by atoms with Crippen LogP contribution in [0.4, 0.5) is 22.0 Å². The predicted octanol–water partition coefficient (Wildman–Crippen LogP) is 4.47. The van der Waals surface area contributed by atoms with E-state index in [1.807, 2.05) is 51.1 Å². The van der Waals surface area contributed by atoms with Crippen LogP contribution in [0.25, 0.3) is 0 Å². The molecule has 7 nitrogen and oxygen atoms in total. The predicted molar refractivity (Wildman–Crippen MR) is 126 cm³/mol. The Morgan fingerprint density at radius 1 is 1.06 bits per heavy atom. The number of pyridine rings is 1. The van der Waals surface area contributed by atoms with Crippen molar-refractivity contribution in [3.63, 3.8) is 0 Å². The fourth-order valence-corrected chi connectivity index (χ4v) is 3.59. The molecule has 0 spiro atoms. The van der Waals surface area contributed by atoms with Gasteiger partial charge in [-0.15, -0.1) is 0 Å². The lowest BCUT2D eigenvalue weighted by Crippen LogP contribution is -2.43. The number of carbonyl (C=O) groups excluding carboxylic acids is 2. The average molecular weight is 424 g/mol. The van der Waals surface area contributed by atoms with Gasteiger partial charge in [0.1, 0.15) is 5.82 Å². The van der Waals surface area contributed by atoms with Gasteiger partial charge in [-0.3, -0.25) is 4.79 Å². The molecule has 1 saturated heterocycles. The molecule has 2 aromatic rings. The summed E-state index contributed by atoms with van der Waals surface area (Å²) in [6.07, 6.45) is 4.25. The molecular weight excluding hydrogens is 390 g/mol. The molecule has 0 aliphatic carbocycles. The molecular formula is C24H33N5O2. The molecule has 31 heavy (non-hydrogen) atoms. The van der Waals surface area contributed by atoms with Gasteiger partial charge < -0.3 is 20.9 Å². The maximum atomic E-state index is 12.3. The Morgan fingerprint density at radius 2 is 1.74 bits per heavy atom. The minimum absolute atomic E-state index is 0.0697. The summed E-state index contributed by atoms with van der Waals surface area (Å²) in [6.45, 7) is 9.76. The number of nitrogens with zero attached hydrogens (tertiary/aromatic N) is 2. The lowest BCUT2D eigenvalue weighted by Gasteiger charge is -2.32. The molecule has 1 fully saturated rings. The first-order valence-electron chi connectivity index (χ1n) is 11.0. The van der Waals surface area contributed by atoms with Gasteiger partial charge in [0.2, 0.25) is 5.91 Å². The molecule has 1 aliphatic rings. The SMILES string of the molecule is CCC(C)NC(=O)C1CCN(c2ccc(NC(=O)Nc3ccc(C)c(C)c3)cn2)CC1. The maximum absolute atomic E-state index is 12.3. The van der Waals surface area contributed by atoms with Gasteiger partial charge in [0.15, 0.2) is 0 Å². The minimum atomic E-state index is -0.300. The second-order valence-electron chi connectivity index (χ2n) is 8.36. The van der Waals surface area contributed by atoms with Gasteiger partial charge in [-0.05, 0) is 75.4 Å². The summed E-state index contributed by atoms with van der Waals surface area (Å²) >= 11 is 0. The number of aromatic nitrogens is 1. The highest BCUT2D eigenvalue weighted by molar-refractivity contribution is 5.99. The molecule has 2 heterocycles. The third-order valence-corrected chi connectivity index (χ3v) is 5.96. The molecule has 1 aliphatic heterocycles. The summed E-state index contributed by atoms with van der Waals surface area (Å²) < 4.78 is 0. The summed E-state index contributed by atoms with van der Waals surface area (Å²) in [6, 6.07) is 9.50. The van der Waals surface area contributed by atoms with Gasteiger partial charge in [0.05, 0.1) is 11.9 Å². The van der Waals surface area contributed by atoms with E-state index in [9.17, 15) is 9.59 Å². The van der Waals surface area contributed by atoms with Crippen LogP contribution in [0.2, 0.25) is 0 Å². The van der Waals surface area contributed by atoms with E-state index >= 15 is 0 Å². The summed E-state index contributed by atoms with van der Waals surface area (Å²) in [5.74, 6) is 1.09. The second-order valence-corrected chi connectivity index (χ2v) is 8.36. The molecule has 0 radical (unpaired) electrons. The number of carbonyl (C=O) groups is 2. The first kappa shape index (κ1) is 22.6. The number of rotatable bonds is 6. The van der Waals surface area contributed by atoms with E-state index in [0.29, 0.717) is 5.69 Å².